The van der Waals surface area contributed by atoms with Crippen LogP contribution in [0.25, 0.3) is 10.2 Å². The number of aryl methyl sites for hydroxylation is 2. The van der Waals surface area contributed by atoms with Crippen LogP contribution in [0.4, 0.5) is 5.82 Å². The van der Waals surface area contributed by atoms with Gasteiger partial charge in [0.05, 0.1) is 24.9 Å². The van der Waals surface area contributed by atoms with Crippen molar-refractivity contribution in [1.29, 1.82) is 0 Å². The molecule has 1 N–H and O–H groups in total. The Morgan fingerprint density at radius 2 is 1.97 bits per heavy atom. The highest BCUT2D eigenvalue weighted by Gasteiger charge is 2.22. The van der Waals surface area contributed by atoms with E-state index in [2.05, 4.69) is 5.32 Å². The average Bonchev–Trinajstić information content (AvgIpc) is 3.16. The van der Waals surface area contributed by atoms with Gasteiger partial charge in [-0.05, 0) is 55.9 Å². The first-order chi connectivity index (χ1) is 15.6. The molecule has 1 unspecified atom stereocenters. The molecule has 0 bridgehead atoms. The number of benzene rings is 1. The van der Waals surface area contributed by atoms with E-state index in [-0.39, 0.29) is 18.1 Å². The van der Waals surface area contributed by atoms with E-state index in [1.54, 1.807) is 25.4 Å². The lowest BCUT2D eigenvalue weighted by atomic mass is 9.97. The van der Waals surface area contributed by atoms with Gasteiger partial charge in [-0.15, -0.1) is 11.3 Å². The zero-order chi connectivity index (χ0) is 22.5. The van der Waals surface area contributed by atoms with Crippen LogP contribution in [-0.4, -0.2) is 39.6 Å². The number of rotatable bonds is 9. The first-order valence-corrected chi connectivity index (χ1v) is 13.1. The Morgan fingerprint density at radius 3 is 2.72 bits per heavy atom. The summed E-state index contributed by atoms with van der Waals surface area (Å²) >= 11 is 1.71. The summed E-state index contributed by atoms with van der Waals surface area (Å²) in [6.45, 7) is 2.61. The number of thiophene rings is 1. The van der Waals surface area contributed by atoms with Crippen LogP contribution in [-0.2, 0) is 45.5 Å². The third-order valence-electron chi connectivity index (χ3n) is 5.35. The van der Waals surface area contributed by atoms with Gasteiger partial charge in [-0.3, -0.25) is 9.00 Å². The number of carbonyl (C=O) groups excluding carboxylic acids is 1. The van der Waals surface area contributed by atoms with Gasteiger partial charge in [0, 0.05) is 22.2 Å². The van der Waals surface area contributed by atoms with E-state index >= 15 is 0 Å². The van der Waals surface area contributed by atoms with Gasteiger partial charge in [-0.25, -0.2) is 9.97 Å². The number of methoxy groups -OCH3 is 1. The second-order valence-electron chi connectivity index (χ2n) is 7.61. The number of nitrogens with one attached hydrogen (secondary N) is 1. The van der Waals surface area contributed by atoms with Crippen LogP contribution in [0.3, 0.4) is 0 Å². The summed E-state index contributed by atoms with van der Waals surface area (Å²) in [5.74, 6) is 1.58. The van der Waals surface area contributed by atoms with E-state index in [1.165, 1.54) is 23.3 Å². The molecule has 170 valence electrons. The van der Waals surface area contributed by atoms with Gasteiger partial charge in [0.15, 0.2) is 0 Å². The van der Waals surface area contributed by atoms with Gasteiger partial charge >= 0.3 is 5.97 Å². The lowest BCUT2D eigenvalue weighted by Gasteiger charge is -2.13. The molecule has 0 aliphatic heterocycles. The Bertz CT molecular complexity index is 1130. The molecule has 3 aromatic rings. The second kappa shape index (κ2) is 10.4. The Balaban J connectivity index is 1.61. The Labute approximate surface area is 194 Å². The van der Waals surface area contributed by atoms with Gasteiger partial charge in [-0.1, -0.05) is 12.1 Å². The molecule has 1 aliphatic carbocycles. The van der Waals surface area contributed by atoms with E-state index in [1.807, 2.05) is 24.3 Å². The normalized spacial score (nSPS) is 14.1. The number of esters is 1. The summed E-state index contributed by atoms with van der Waals surface area (Å²) in [6, 6.07) is 7.90. The molecule has 0 spiro atoms. The van der Waals surface area contributed by atoms with E-state index in [4.69, 9.17) is 19.4 Å². The highest BCUT2D eigenvalue weighted by molar-refractivity contribution is 7.84. The molecule has 0 amide bonds. The third kappa shape index (κ3) is 5.27. The predicted molar refractivity (Wildman–Crippen MR) is 128 cm³/mol. The van der Waals surface area contributed by atoms with Gasteiger partial charge in [0.25, 0.3) is 0 Å². The monoisotopic (exact) mass is 473 g/mol. The van der Waals surface area contributed by atoms with Crippen molar-refractivity contribution in [2.75, 3.05) is 24.8 Å². The van der Waals surface area contributed by atoms with Crippen molar-refractivity contribution in [2.24, 2.45) is 0 Å². The molecule has 0 radical (unpaired) electrons. The first kappa shape index (κ1) is 22.7. The number of nitrogens with zero attached hydrogens (tertiary/aromatic N) is 2. The maximum Gasteiger partial charge on any atom is 0.318 e. The van der Waals surface area contributed by atoms with Crippen LogP contribution in [0.1, 0.15) is 41.6 Å². The van der Waals surface area contributed by atoms with Crippen molar-refractivity contribution in [3.05, 3.63) is 46.1 Å². The molecule has 7 nitrogen and oxygen atoms in total. The highest BCUT2D eigenvalue weighted by atomic mass is 32.2. The third-order valence-corrected chi connectivity index (χ3v) is 7.68. The summed E-state index contributed by atoms with van der Waals surface area (Å²) < 4.78 is 22.6. The molecule has 2 heterocycles. The van der Waals surface area contributed by atoms with Crippen LogP contribution in [0.15, 0.2) is 24.3 Å². The molecule has 4 rings (SSSR count). The lowest BCUT2D eigenvalue weighted by Crippen LogP contribution is -2.16. The fourth-order valence-corrected chi connectivity index (χ4v) is 6.00. The van der Waals surface area contributed by atoms with Gasteiger partial charge in [0.1, 0.15) is 28.0 Å². The molecule has 32 heavy (non-hydrogen) atoms. The standard InChI is InChI=1S/C23H27N3O4S2/c1-3-30-20(27)14-32(28)13-19-25-22(24-12-15-8-10-16(29-2)11-9-15)21-17-6-4-5-7-18(17)31-23(21)26-19/h8-11H,3-7,12-14H2,1-2H3,(H,24,25,26). The van der Waals surface area contributed by atoms with Gasteiger partial charge in [-0.2, -0.15) is 0 Å². The Hall–Kier alpha value is -2.52. The zero-order valence-electron chi connectivity index (χ0n) is 18.3. The van der Waals surface area contributed by atoms with Crippen molar-refractivity contribution in [2.45, 2.75) is 44.9 Å². The molecule has 0 fully saturated rings. The highest BCUT2D eigenvalue weighted by Crippen LogP contribution is 2.38. The maximum atomic E-state index is 12.5. The van der Waals surface area contributed by atoms with Crippen molar-refractivity contribution >= 4 is 44.1 Å². The van der Waals surface area contributed by atoms with Crippen molar-refractivity contribution in [1.82, 2.24) is 9.97 Å². The lowest BCUT2D eigenvalue weighted by molar-refractivity contribution is -0.139. The van der Waals surface area contributed by atoms with Crippen LogP contribution in [0.5, 0.6) is 5.75 Å². The minimum Gasteiger partial charge on any atom is -0.497 e. The average molecular weight is 474 g/mol. The van der Waals surface area contributed by atoms with E-state index < -0.39 is 16.8 Å². The summed E-state index contributed by atoms with van der Waals surface area (Å²) in [4.78, 5) is 23.4. The maximum absolute atomic E-state index is 12.5. The van der Waals surface area contributed by atoms with Crippen LogP contribution >= 0.6 is 11.3 Å². The molecule has 1 atom stereocenters. The smallest absolute Gasteiger partial charge is 0.318 e. The fourth-order valence-electron chi connectivity index (χ4n) is 3.85. The topological polar surface area (TPSA) is 90.4 Å². The molecular formula is C23H27N3O4S2. The van der Waals surface area contributed by atoms with Crippen LogP contribution < -0.4 is 10.1 Å². The second-order valence-corrected chi connectivity index (χ2v) is 10.2. The molecule has 1 aliphatic rings. The number of anilines is 1. The van der Waals surface area contributed by atoms with Crippen LogP contribution in [0.2, 0.25) is 0 Å². The molecule has 0 saturated heterocycles. The Kier molecular flexibility index (Phi) is 7.36. The van der Waals surface area contributed by atoms with E-state index in [0.717, 1.165) is 40.2 Å². The van der Waals surface area contributed by atoms with Crippen molar-refractivity contribution in [3.63, 3.8) is 0 Å². The summed E-state index contributed by atoms with van der Waals surface area (Å²) in [6.07, 6.45) is 4.46. The molecule has 1 aromatic carbocycles. The first-order valence-electron chi connectivity index (χ1n) is 10.8. The summed E-state index contributed by atoms with van der Waals surface area (Å²) in [5.41, 5.74) is 2.45. The number of aromatic nitrogens is 2. The number of ether oxygens (including phenoxy) is 2. The number of hydrogen-bond acceptors (Lipinski definition) is 8. The zero-order valence-corrected chi connectivity index (χ0v) is 19.9. The number of hydrogen-bond donors (Lipinski definition) is 1. The Morgan fingerprint density at radius 1 is 1.19 bits per heavy atom. The largest absolute Gasteiger partial charge is 0.497 e. The molecule has 9 heteroatoms. The van der Waals surface area contributed by atoms with E-state index in [0.29, 0.717) is 12.4 Å². The molecule has 2 aromatic heterocycles. The minimum atomic E-state index is -1.42. The van der Waals surface area contributed by atoms with Crippen molar-refractivity contribution in [3.8, 4) is 5.75 Å². The number of fused-ring (bicyclic) bond motifs is 3. The minimum absolute atomic E-state index is 0.120. The fraction of sp³-hybridized carbons (Fsp3) is 0.435. The summed E-state index contributed by atoms with van der Waals surface area (Å²) in [5, 5.41) is 4.56. The predicted octanol–water partition coefficient (Wildman–Crippen LogP) is 4.00. The SMILES string of the molecule is CCOC(=O)CS(=O)Cc1nc(NCc2ccc(OC)cc2)c2c3c(sc2n1)CCCC3. The van der Waals surface area contributed by atoms with Crippen LogP contribution in [0, 0.1) is 0 Å². The van der Waals surface area contributed by atoms with Gasteiger partial charge in [0.2, 0.25) is 0 Å². The summed E-state index contributed by atoms with van der Waals surface area (Å²) in [7, 11) is 0.227. The molecular weight excluding hydrogens is 446 g/mol. The van der Waals surface area contributed by atoms with Crippen molar-refractivity contribution < 1.29 is 18.5 Å². The number of carbonyl (C=O) groups is 1. The van der Waals surface area contributed by atoms with E-state index in [9.17, 15) is 9.00 Å². The quantitative estimate of drug-likeness (QED) is 0.470. The molecule has 0 saturated carbocycles. The van der Waals surface area contributed by atoms with Gasteiger partial charge < -0.3 is 14.8 Å².